The van der Waals surface area contributed by atoms with Gasteiger partial charge in [-0.15, -0.1) is 0 Å². The van der Waals surface area contributed by atoms with Crippen LogP contribution in [-0.4, -0.2) is 18.1 Å². The molecule has 0 saturated carbocycles. The number of hydrogen-bond donors (Lipinski definition) is 0. The van der Waals surface area contributed by atoms with Crippen LogP contribution in [0.15, 0.2) is 63.1 Å². The topological polar surface area (TPSA) is 37.1 Å². The lowest BCUT2D eigenvalue weighted by atomic mass is 9.93. The second kappa shape index (κ2) is 10.9. The van der Waals surface area contributed by atoms with Crippen LogP contribution in [0, 0.1) is 0 Å². The summed E-state index contributed by atoms with van der Waals surface area (Å²) in [5.41, 5.74) is 9.22. The molecule has 174 valence electrons. The number of allylic oxidation sites excluding steroid dienone is 2. The Morgan fingerprint density at radius 2 is 1.03 bits per heavy atom. The zero-order valence-corrected chi connectivity index (χ0v) is 21.6. The van der Waals surface area contributed by atoms with E-state index in [1.807, 2.05) is 12.4 Å². The Kier molecular flexibility index (Phi) is 8.18. The standard InChI is InChI=1S/C30H39N3/c1-19(2)25-11-9-12-26(20(3)4)29(25)31-17-23-15-16-24(33-23)18-32-30-27(21(5)6)13-10-14-28(30)22(7)8/h9-15,17-22H,16H2,1-8H3. The number of hydrogen-bond acceptors (Lipinski definition) is 3. The third-order valence-electron chi connectivity index (χ3n) is 6.15. The van der Waals surface area contributed by atoms with Gasteiger partial charge in [0.25, 0.3) is 0 Å². The van der Waals surface area contributed by atoms with Gasteiger partial charge in [-0.25, -0.2) is 0 Å². The van der Waals surface area contributed by atoms with Gasteiger partial charge in [-0.3, -0.25) is 15.0 Å². The second-order valence-electron chi connectivity index (χ2n) is 10.1. The normalized spacial score (nSPS) is 14.5. The lowest BCUT2D eigenvalue weighted by Gasteiger charge is -2.16. The molecule has 0 N–H and O–H groups in total. The van der Waals surface area contributed by atoms with Crippen LogP contribution >= 0.6 is 0 Å². The zero-order chi connectivity index (χ0) is 24.1. The largest absolute Gasteiger partial charge is 0.254 e. The van der Waals surface area contributed by atoms with Crippen LogP contribution in [0.25, 0.3) is 0 Å². The van der Waals surface area contributed by atoms with E-state index in [1.165, 1.54) is 22.3 Å². The molecule has 3 nitrogen and oxygen atoms in total. The second-order valence-corrected chi connectivity index (χ2v) is 10.1. The summed E-state index contributed by atoms with van der Waals surface area (Å²) in [6.45, 7) is 17.8. The lowest BCUT2D eigenvalue weighted by molar-refractivity contribution is 0.835. The first-order chi connectivity index (χ1) is 15.7. The van der Waals surface area contributed by atoms with Crippen molar-refractivity contribution in [1.82, 2.24) is 0 Å². The first-order valence-corrected chi connectivity index (χ1v) is 12.3. The van der Waals surface area contributed by atoms with Crippen molar-refractivity contribution in [3.05, 3.63) is 70.4 Å². The summed E-state index contributed by atoms with van der Waals surface area (Å²) in [5.74, 6) is 1.71. The highest BCUT2D eigenvalue weighted by atomic mass is 14.9. The molecule has 0 radical (unpaired) electrons. The zero-order valence-electron chi connectivity index (χ0n) is 21.6. The highest BCUT2D eigenvalue weighted by Gasteiger charge is 2.15. The van der Waals surface area contributed by atoms with E-state index in [1.54, 1.807) is 0 Å². The van der Waals surface area contributed by atoms with Gasteiger partial charge in [0.1, 0.15) is 0 Å². The van der Waals surface area contributed by atoms with Crippen LogP contribution in [-0.2, 0) is 0 Å². The van der Waals surface area contributed by atoms with Crippen molar-refractivity contribution in [3.63, 3.8) is 0 Å². The summed E-state index contributed by atoms with van der Waals surface area (Å²) in [6, 6.07) is 13.0. The van der Waals surface area contributed by atoms with Crippen LogP contribution in [0.5, 0.6) is 0 Å². The quantitative estimate of drug-likeness (QED) is 0.366. The molecule has 0 bridgehead atoms. The van der Waals surface area contributed by atoms with Gasteiger partial charge in [0.15, 0.2) is 0 Å². The summed E-state index contributed by atoms with van der Waals surface area (Å²) in [4.78, 5) is 14.6. The number of rotatable bonds is 8. The molecule has 3 heteroatoms. The minimum atomic E-state index is 0.427. The molecule has 0 spiro atoms. The SMILES string of the molecule is CC(C)c1cccc(C(C)C)c1N=CC1=CCC(C=Nc2c(C(C)C)cccc2C(C)C)=N1. The molecule has 33 heavy (non-hydrogen) atoms. The van der Waals surface area contributed by atoms with Crippen molar-refractivity contribution in [2.45, 2.75) is 85.5 Å². The molecule has 0 aliphatic carbocycles. The van der Waals surface area contributed by atoms with Crippen molar-refractivity contribution in [1.29, 1.82) is 0 Å². The average molecular weight is 442 g/mol. The molecule has 2 aromatic rings. The average Bonchev–Trinajstić information content (AvgIpc) is 3.23. The summed E-state index contributed by atoms with van der Waals surface area (Å²) >= 11 is 0. The Hall–Kier alpha value is -2.81. The Bertz CT molecular complexity index is 1040. The highest BCUT2D eigenvalue weighted by molar-refractivity contribution is 6.33. The van der Waals surface area contributed by atoms with Crippen molar-refractivity contribution < 1.29 is 0 Å². The first-order valence-electron chi connectivity index (χ1n) is 12.3. The van der Waals surface area contributed by atoms with Gasteiger partial charge in [0.2, 0.25) is 0 Å². The van der Waals surface area contributed by atoms with Gasteiger partial charge in [-0.2, -0.15) is 0 Å². The Balaban J connectivity index is 1.86. The van der Waals surface area contributed by atoms with E-state index < -0.39 is 0 Å². The van der Waals surface area contributed by atoms with Crippen molar-refractivity contribution in [2.75, 3.05) is 0 Å². The molecule has 0 atom stereocenters. The Morgan fingerprint density at radius 1 is 0.636 bits per heavy atom. The molecule has 2 aromatic carbocycles. The minimum Gasteiger partial charge on any atom is -0.254 e. The molecule has 0 aromatic heterocycles. The monoisotopic (exact) mass is 441 g/mol. The highest BCUT2D eigenvalue weighted by Crippen LogP contribution is 2.36. The molecule has 0 unspecified atom stereocenters. The molecular weight excluding hydrogens is 402 g/mol. The maximum atomic E-state index is 4.92. The smallest absolute Gasteiger partial charge is 0.0780 e. The van der Waals surface area contributed by atoms with E-state index in [0.717, 1.165) is 29.2 Å². The predicted molar refractivity (Wildman–Crippen MR) is 146 cm³/mol. The van der Waals surface area contributed by atoms with Crippen molar-refractivity contribution in [2.24, 2.45) is 15.0 Å². The summed E-state index contributed by atoms with van der Waals surface area (Å²) < 4.78 is 0. The molecule has 0 fully saturated rings. The van der Waals surface area contributed by atoms with Crippen LogP contribution in [0.2, 0.25) is 0 Å². The number of nitrogens with zero attached hydrogens (tertiary/aromatic N) is 3. The van der Waals surface area contributed by atoms with Crippen LogP contribution in [0.4, 0.5) is 11.4 Å². The third kappa shape index (κ3) is 5.96. The Morgan fingerprint density at radius 3 is 1.42 bits per heavy atom. The Labute approximate surface area is 200 Å². The van der Waals surface area contributed by atoms with Gasteiger partial charge in [0.05, 0.1) is 29.0 Å². The fourth-order valence-electron chi connectivity index (χ4n) is 4.22. The van der Waals surface area contributed by atoms with Crippen LogP contribution in [0.3, 0.4) is 0 Å². The molecule has 0 amide bonds. The van der Waals surface area contributed by atoms with Gasteiger partial charge in [0, 0.05) is 12.6 Å². The third-order valence-corrected chi connectivity index (χ3v) is 6.15. The number of benzene rings is 2. The van der Waals surface area contributed by atoms with E-state index >= 15 is 0 Å². The van der Waals surface area contributed by atoms with E-state index in [2.05, 4.69) is 97.9 Å². The maximum Gasteiger partial charge on any atom is 0.0780 e. The van der Waals surface area contributed by atoms with Gasteiger partial charge < -0.3 is 0 Å². The van der Waals surface area contributed by atoms with Gasteiger partial charge in [-0.05, 0) is 45.9 Å². The summed E-state index contributed by atoms with van der Waals surface area (Å²) in [6.07, 6.45) is 6.77. The molecular formula is C30H39N3. The fourth-order valence-corrected chi connectivity index (χ4v) is 4.22. The molecule has 1 heterocycles. The van der Waals surface area contributed by atoms with Gasteiger partial charge >= 0.3 is 0 Å². The molecule has 3 rings (SSSR count). The van der Waals surface area contributed by atoms with E-state index in [4.69, 9.17) is 15.0 Å². The molecule has 1 aliphatic heterocycles. The van der Waals surface area contributed by atoms with Crippen molar-refractivity contribution in [3.8, 4) is 0 Å². The molecule has 0 saturated heterocycles. The van der Waals surface area contributed by atoms with Crippen LogP contribution < -0.4 is 0 Å². The van der Waals surface area contributed by atoms with E-state index in [-0.39, 0.29) is 0 Å². The number of para-hydroxylation sites is 2. The van der Waals surface area contributed by atoms with E-state index in [0.29, 0.717) is 23.7 Å². The summed E-state index contributed by atoms with van der Waals surface area (Å²) in [5, 5.41) is 0. The van der Waals surface area contributed by atoms with E-state index in [9.17, 15) is 0 Å². The first kappa shape index (κ1) is 24.8. The fraction of sp³-hybridized carbons (Fsp3) is 0.433. The number of aliphatic imine (C=N–C) groups is 3. The van der Waals surface area contributed by atoms with Crippen molar-refractivity contribution >= 4 is 29.5 Å². The minimum absolute atomic E-state index is 0.427. The predicted octanol–water partition coefficient (Wildman–Crippen LogP) is 9.01. The van der Waals surface area contributed by atoms with Crippen LogP contribution in [0.1, 0.15) is 108 Å². The van der Waals surface area contributed by atoms with Gasteiger partial charge in [-0.1, -0.05) is 97.9 Å². The summed E-state index contributed by atoms with van der Waals surface area (Å²) in [7, 11) is 0. The maximum absolute atomic E-state index is 4.92. The lowest BCUT2D eigenvalue weighted by Crippen LogP contribution is -1.98. The molecule has 1 aliphatic rings.